The van der Waals surface area contributed by atoms with Crippen LogP contribution in [0.25, 0.3) is 0 Å². The van der Waals surface area contributed by atoms with Crippen LogP contribution in [0.2, 0.25) is 0 Å². The van der Waals surface area contributed by atoms with Gasteiger partial charge >= 0.3 is 0 Å². The van der Waals surface area contributed by atoms with Crippen molar-refractivity contribution >= 4 is 5.69 Å². The van der Waals surface area contributed by atoms with Gasteiger partial charge in [0.15, 0.2) is 0 Å². The first-order valence-corrected chi connectivity index (χ1v) is 2.50. The van der Waals surface area contributed by atoms with E-state index in [1.807, 2.05) is 0 Å². The van der Waals surface area contributed by atoms with Crippen molar-refractivity contribution in [1.82, 2.24) is 0 Å². The molecule has 3 nitrogen and oxygen atoms in total. The quantitative estimate of drug-likeness (QED) is 0.436. The molecule has 0 fully saturated rings. The number of halogens is 1. The van der Waals surface area contributed by atoms with Gasteiger partial charge in [-0.1, -0.05) is 0 Å². The van der Waals surface area contributed by atoms with Gasteiger partial charge in [0.1, 0.15) is 5.82 Å². The lowest BCUT2D eigenvalue weighted by Crippen LogP contribution is -1.82. The molecule has 0 saturated carbocycles. The fourth-order valence-corrected chi connectivity index (χ4v) is 0.463. The first-order valence-electron chi connectivity index (χ1n) is 2.50. The zero-order valence-corrected chi connectivity index (χ0v) is 5.16. The largest absolute Gasteiger partial charge is 0.399 e. The Bertz CT molecular complexity index is 183. The Hall–Kier alpha value is -1.63. The van der Waals surface area contributed by atoms with E-state index in [9.17, 15) is 4.39 Å². The van der Waals surface area contributed by atoms with Crippen molar-refractivity contribution in [1.29, 1.82) is 10.8 Å². The van der Waals surface area contributed by atoms with E-state index >= 15 is 0 Å². The number of rotatable bonds is 0. The molecule has 0 radical (unpaired) electrons. The van der Waals surface area contributed by atoms with E-state index in [1.54, 1.807) is 0 Å². The van der Waals surface area contributed by atoms with Crippen LogP contribution in [0.4, 0.5) is 10.1 Å². The van der Waals surface area contributed by atoms with E-state index in [1.165, 1.54) is 24.3 Å². The highest BCUT2D eigenvalue weighted by Crippen LogP contribution is 2.01. The number of nitrogens with zero attached hydrogens (tertiary/aromatic N) is 2. The van der Waals surface area contributed by atoms with Crippen LogP contribution in [-0.2, 0) is 0 Å². The summed E-state index contributed by atoms with van der Waals surface area (Å²) in [6, 6.07) is 5.70. The summed E-state index contributed by atoms with van der Waals surface area (Å²) in [7, 11) is 0. The van der Waals surface area contributed by atoms with Crippen molar-refractivity contribution in [2.24, 2.45) is 0 Å². The van der Waals surface area contributed by atoms with E-state index in [0.29, 0.717) is 5.69 Å². The van der Waals surface area contributed by atoms with Crippen LogP contribution in [0.3, 0.4) is 0 Å². The van der Waals surface area contributed by atoms with E-state index in [0.717, 1.165) is 0 Å². The fourth-order valence-electron chi connectivity index (χ4n) is 0.463. The summed E-state index contributed by atoms with van der Waals surface area (Å²) in [6.07, 6.45) is 0. The van der Waals surface area contributed by atoms with E-state index in [2.05, 4.69) is 0 Å². The molecule has 52 valence electrons. The normalized spacial score (nSPS) is 7.50. The maximum absolute atomic E-state index is 12.0. The number of hydrogen-bond acceptors (Lipinski definition) is 3. The molecule has 0 aromatic heterocycles. The average molecular weight is 139 g/mol. The summed E-state index contributed by atoms with van der Waals surface area (Å²) in [6.45, 7) is 0. The minimum atomic E-state index is -0.251. The second-order valence-corrected chi connectivity index (χ2v) is 1.55. The smallest absolute Gasteiger partial charge is 0.123 e. The highest BCUT2D eigenvalue weighted by Gasteiger charge is 1.83. The van der Waals surface area contributed by atoms with Gasteiger partial charge in [0.2, 0.25) is 0 Å². The molecule has 0 atom stereocenters. The standard InChI is InChI=1S/C6H6FN.N2/c7-5-1-3-6(8)4-2-5;1-2/h1-4H,8H2;. The maximum Gasteiger partial charge on any atom is 0.123 e. The molecule has 2 N–H and O–H groups in total. The molecule has 0 amide bonds. The van der Waals surface area contributed by atoms with Crippen molar-refractivity contribution in [2.45, 2.75) is 0 Å². The third-order valence-corrected chi connectivity index (χ3v) is 0.870. The van der Waals surface area contributed by atoms with Crippen LogP contribution in [0.1, 0.15) is 0 Å². The zero-order valence-electron chi connectivity index (χ0n) is 5.16. The van der Waals surface area contributed by atoms with Crippen LogP contribution in [0, 0.1) is 16.6 Å². The highest BCUT2D eigenvalue weighted by atomic mass is 19.1. The number of hydrogen-bond donors (Lipinski definition) is 1. The first kappa shape index (κ1) is 8.37. The Morgan fingerprint density at radius 1 is 1.10 bits per heavy atom. The Labute approximate surface area is 57.7 Å². The lowest BCUT2D eigenvalue weighted by Gasteiger charge is -1.87. The van der Waals surface area contributed by atoms with Gasteiger partial charge in [-0.2, -0.15) is 0 Å². The molecule has 1 aromatic rings. The summed E-state index contributed by atoms with van der Waals surface area (Å²) in [4.78, 5) is 0. The molecule has 1 aromatic carbocycles. The van der Waals surface area contributed by atoms with Gasteiger partial charge in [0.25, 0.3) is 0 Å². The summed E-state index contributed by atoms with van der Waals surface area (Å²) >= 11 is 0. The molecule has 0 aliphatic rings. The number of benzene rings is 1. The molecule has 1 rings (SSSR count). The van der Waals surface area contributed by atoms with Gasteiger partial charge in [-0.25, -0.2) is 4.39 Å². The molecule has 0 saturated heterocycles. The van der Waals surface area contributed by atoms with Crippen molar-refractivity contribution < 1.29 is 4.39 Å². The van der Waals surface area contributed by atoms with Crippen molar-refractivity contribution in [3.05, 3.63) is 30.1 Å². The summed E-state index contributed by atoms with van der Waals surface area (Å²) in [5, 5.41) is 12.0. The predicted octanol–water partition coefficient (Wildman–Crippen LogP) is 1.44. The molecule has 10 heavy (non-hydrogen) atoms. The SMILES string of the molecule is N#N.Nc1ccc(F)cc1. The Kier molecular flexibility index (Phi) is 3.57. The minimum Gasteiger partial charge on any atom is -0.399 e. The maximum atomic E-state index is 12.0. The second kappa shape index (κ2) is 4.27. The predicted molar refractivity (Wildman–Crippen MR) is 34.3 cm³/mol. The third kappa shape index (κ3) is 2.62. The van der Waals surface area contributed by atoms with Crippen LogP contribution in [-0.4, -0.2) is 0 Å². The van der Waals surface area contributed by atoms with Crippen LogP contribution in [0.5, 0.6) is 0 Å². The Morgan fingerprint density at radius 2 is 1.50 bits per heavy atom. The molecule has 0 aliphatic carbocycles. The van der Waals surface area contributed by atoms with Gasteiger partial charge in [0, 0.05) is 16.5 Å². The molecule has 0 heterocycles. The molecular formula is C6H6FN3. The number of nitrogen functional groups attached to an aromatic ring is 1. The lowest BCUT2D eigenvalue weighted by atomic mass is 10.3. The summed E-state index contributed by atoms with van der Waals surface area (Å²) in [5.74, 6) is -0.251. The molecule has 4 heteroatoms. The average Bonchev–Trinajstić information content (AvgIpc) is 2.00. The van der Waals surface area contributed by atoms with Crippen molar-refractivity contribution in [3.63, 3.8) is 0 Å². The molecule has 0 bridgehead atoms. The van der Waals surface area contributed by atoms with Crippen LogP contribution >= 0.6 is 0 Å². The third-order valence-electron chi connectivity index (χ3n) is 0.870. The van der Waals surface area contributed by atoms with Gasteiger partial charge in [-0.15, -0.1) is 0 Å². The summed E-state index contributed by atoms with van der Waals surface area (Å²) in [5.41, 5.74) is 5.85. The van der Waals surface area contributed by atoms with Gasteiger partial charge in [-0.05, 0) is 24.3 Å². The van der Waals surface area contributed by atoms with Crippen molar-refractivity contribution in [3.8, 4) is 0 Å². The number of nitrogens with two attached hydrogens (primary N) is 1. The highest BCUT2D eigenvalue weighted by molar-refractivity contribution is 5.36. The number of anilines is 1. The molecule has 0 aliphatic heterocycles. The monoisotopic (exact) mass is 139 g/mol. The van der Waals surface area contributed by atoms with Crippen molar-refractivity contribution in [2.75, 3.05) is 5.73 Å². The fraction of sp³-hybridized carbons (Fsp3) is 0. The molecular weight excluding hydrogens is 133 g/mol. The zero-order chi connectivity index (χ0) is 7.98. The van der Waals surface area contributed by atoms with E-state index in [-0.39, 0.29) is 5.82 Å². The Balaban J connectivity index is 0.000000371. The molecule has 0 spiro atoms. The lowest BCUT2D eigenvalue weighted by molar-refractivity contribution is 0.628. The van der Waals surface area contributed by atoms with E-state index < -0.39 is 0 Å². The Morgan fingerprint density at radius 3 is 1.80 bits per heavy atom. The van der Waals surface area contributed by atoms with Gasteiger partial charge in [-0.3, -0.25) is 0 Å². The topological polar surface area (TPSA) is 73.6 Å². The second-order valence-electron chi connectivity index (χ2n) is 1.55. The first-order chi connectivity index (χ1) is 4.79. The van der Waals surface area contributed by atoms with E-state index in [4.69, 9.17) is 16.5 Å². The minimum absolute atomic E-state index is 0.251. The molecule has 0 unspecified atom stereocenters. The van der Waals surface area contributed by atoms with Gasteiger partial charge in [0.05, 0.1) is 0 Å². The van der Waals surface area contributed by atoms with Crippen LogP contribution in [0.15, 0.2) is 24.3 Å². The van der Waals surface area contributed by atoms with Gasteiger partial charge < -0.3 is 5.73 Å². The van der Waals surface area contributed by atoms with Crippen LogP contribution < -0.4 is 5.73 Å². The summed E-state index contributed by atoms with van der Waals surface area (Å²) < 4.78 is 12.0.